The number of hydrogen-bond donors (Lipinski definition) is 0. The second kappa shape index (κ2) is 9.69. The molecule has 26 heavy (non-hydrogen) atoms. The van der Waals surface area contributed by atoms with Crippen LogP contribution in [0.5, 0.6) is 17.2 Å². The van der Waals surface area contributed by atoms with Crippen LogP contribution in [0.25, 0.3) is 0 Å². The summed E-state index contributed by atoms with van der Waals surface area (Å²) in [5.41, 5.74) is 0.950. The van der Waals surface area contributed by atoms with E-state index < -0.39 is 0 Å². The minimum absolute atomic E-state index is 0.0542. The first-order valence-corrected chi connectivity index (χ1v) is 9.22. The van der Waals surface area contributed by atoms with Crippen molar-refractivity contribution in [3.63, 3.8) is 0 Å². The van der Waals surface area contributed by atoms with Crippen LogP contribution >= 0.6 is 27.5 Å². The highest BCUT2D eigenvalue weighted by Crippen LogP contribution is 2.29. The van der Waals surface area contributed by atoms with Crippen molar-refractivity contribution in [2.45, 2.75) is 13.5 Å². The number of carbonyl (C=O) groups is 1. The Morgan fingerprint density at radius 3 is 2.38 bits per heavy atom. The lowest BCUT2D eigenvalue weighted by Gasteiger charge is -2.22. The summed E-state index contributed by atoms with van der Waals surface area (Å²) < 4.78 is 16.9. The molecule has 0 spiro atoms. The van der Waals surface area contributed by atoms with Crippen molar-refractivity contribution in [2.75, 3.05) is 27.4 Å². The lowest BCUT2D eigenvalue weighted by molar-refractivity contribution is -0.133. The van der Waals surface area contributed by atoms with Crippen LogP contribution in [0.4, 0.5) is 0 Å². The van der Waals surface area contributed by atoms with Gasteiger partial charge in [-0.3, -0.25) is 4.79 Å². The molecule has 0 radical (unpaired) electrons. The van der Waals surface area contributed by atoms with Gasteiger partial charge in [-0.2, -0.15) is 0 Å². The van der Waals surface area contributed by atoms with Crippen LogP contribution in [0.15, 0.2) is 40.9 Å². The maximum absolute atomic E-state index is 12.5. The summed E-state index contributed by atoms with van der Waals surface area (Å²) in [4.78, 5) is 14.2. The molecule has 2 rings (SSSR count). The van der Waals surface area contributed by atoms with Crippen LogP contribution in [0.3, 0.4) is 0 Å². The highest BCUT2D eigenvalue weighted by Gasteiger charge is 2.15. The van der Waals surface area contributed by atoms with E-state index in [1.165, 1.54) is 0 Å². The summed E-state index contributed by atoms with van der Waals surface area (Å²) in [5.74, 6) is 1.76. The molecule has 1 amide bonds. The van der Waals surface area contributed by atoms with E-state index in [1.54, 1.807) is 37.3 Å². The number of benzene rings is 2. The van der Waals surface area contributed by atoms with E-state index in [0.717, 1.165) is 5.56 Å². The molecule has 2 aromatic carbocycles. The summed E-state index contributed by atoms with van der Waals surface area (Å²) in [6, 6.07) is 10.8. The Morgan fingerprint density at radius 1 is 1.08 bits per heavy atom. The summed E-state index contributed by atoms with van der Waals surface area (Å²) in [7, 11) is 3.17. The third-order valence-electron chi connectivity index (χ3n) is 3.80. The first-order chi connectivity index (χ1) is 12.5. The number of methoxy groups -OCH3 is 2. The van der Waals surface area contributed by atoms with E-state index in [2.05, 4.69) is 15.9 Å². The average Bonchev–Trinajstić information content (AvgIpc) is 2.64. The van der Waals surface area contributed by atoms with E-state index in [1.807, 2.05) is 25.1 Å². The fraction of sp³-hybridized carbons (Fsp3) is 0.316. The molecule has 0 bridgehead atoms. The Balaban J connectivity index is 2.02. The first kappa shape index (κ1) is 20.4. The fourth-order valence-electron chi connectivity index (χ4n) is 2.40. The van der Waals surface area contributed by atoms with Crippen molar-refractivity contribution >= 4 is 33.4 Å². The molecule has 7 heteroatoms. The Bertz CT molecular complexity index is 769. The van der Waals surface area contributed by atoms with Crippen molar-refractivity contribution in [2.24, 2.45) is 0 Å². The lowest BCUT2D eigenvalue weighted by Crippen LogP contribution is -2.34. The molecule has 0 saturated heterocycles. The molecule has 0 unspecified atom stereocenters. The number of hydrogen-bond acceptors (Lipinski definition) is 4. The van der Waals surface area contributed by atoms with Gasteiger partial charge in [0.15, 0.2) is 18.1 Å². The van der Waals surface area contributed by atoms with Gasteiger partial charge in [-0.15, -0.1) is 0 Å². The zero-order chi connectivity index (χ0) is 19.1. The Labute approximate surface area is 166 Å². The molecule has 140 valence electrons. The second-order valence-electron chi connectivity index (χ2n) is 5.46. The third kappa shape index (κ3) is 5.29. The molecule has 2 aromatic rings. The van der Waals surface area contributed by atoms with Crippen LogP contribution in [0.2, 0.25) is 5.02 Å². The highest BCUT2D eigenvalue weighted by molar-refractivity contribution is 9.10. The molecule has 0 N–H and O–H groups in total. The highest BCUT2D eigenvalue weighted by atomic mass is 79.9. The number of ether oxygens (including phenoxy) is 3. The molecule has 0 aliphatic heterocycles. The quantitative estimate of drug-likeness (QED) is 0.602. The smallest absolute Gasteiger partial charge is 0.260 e. The maximum Gasteiger partial charge on any atom is 0.260 e. The van der Waals surface area contributed by atoms with Gasteiger partial charge in [0.25, 0.3) is 5.91 Å². The number of rotatable bonds is 8. The fourth-order valence-corrected chi connectivity index (χ4v) is 3.20. The predicted molar refractivity (Wildman–Crippen MR) is 105 cm³/mol. The van der Waals surface area contributed by atoms with Gasteiger partial charge in [-0.1, -0.05) is 17.7 Å². The monoisotopic (exact) mass is 441 g/mol. The van der Waals surface area contributed by atoms with Gasteiger partial charge in [0.05, 0.1) is 18.7 Å². The van der Waals surface area contributed by atoms with Crippen molar-refractivity contribution in [1.82, 2.24) is 4.90 Å². The van der Waals surface area contributed by atoms with Crippen LogP contribution in [0, 0.1) is 0 Å². The number of halogens is 2. The van der Waals surface area contributed by atoms with Crippen molar-refractivity contribution in [3.8, 4) is 17.2 Å². The van der Waals surface area contributed by atoms with Crippen LogP contribution in [0.1, 0.15) is 12.5 Å². The lowest BCUT2D eigenvalue weighted by atomic mass is 10.2. The maximum atomic E-state index is 12.5. The molecular formula is C19H21BrClNO4. The van der Waals surface area contributed by atoms with Crippen LogP contribution in [-0.2, 0) is 11.3 Å². The topological polar surface area (TPSA) is 48.0 Å². The van der Waals surface area contributed by atoms with Gasteiger partial charge < -0.3 is 19.1 Å². The number of likely N-dealkylation sites (N-methyl/N-ethyl adjacent to an activating group) is 1. The number of nitrogens with zero attached hydrogens (tertiary/aromatic N) is 1. The van der Waals surface area contributed by atoms with Gasteiger partial charge in [0.2, 0.25) is 0 Å². The third-order valence-corrected chi connectivity index (χ3v) is 4.66. The Morgan fingerprint density at radius 2 is 1.77 bits per heavy atom. The first-order valence-electron chi connectivity index (χ1n) is 8.05. The minimum atomic E-state index is -0.107. The molecule has 0 aromatic heterocycles. The number of amides is 1. The van der Waals surface area contributed by atoms with Gasteiger partial charge in [0.1, 0.15) is 5.75 Å². The standard InChI is InChI=1S/C19H21BrClNO4/c1-4-22(11-13-5-7-17(24-2)18(9-13)25-3)19(23)12-26-16-8-6-14(21)10-15(16)20/h5-10H,4,11-12H2,1-3H3. The molecule has 0 saturated carbocycles. The summed E-state index contributed by atoms with van der Waals surface area (Å²) in [6.07, 6.45) is 0. The van der Waals surface area contributed by atoms with E-state index in [-0.39, 0.29) is 12.5 Å². The largest absolute Gasteiger partial charge is 0.493 e. The normalized spacial score (nSPS) is 10.3. The average molecular weight is 443 g/mol. The predicted octanol–water partition coefficient (Wildman–Crippen LogP) is 4.55. The zero-order valence-corrected chi connectivity index (χ0v) is 17.3. The summed E-state index contributed by atoms with van der Waals surface area (Å²) in [5, 5.41) is 0.596. The molecule has 0 fully saturated rings. The van der Waals surface area contributed by atoms with Gasteiger partial charge in [-0.05, 0) is 58.7 Å². The molecule has 0 aliphatic carbocycles. The minimum Gasteiger partial charge on any atom is -0.493 e. The van der Waals surface area contributed by atoms with Crippen LogP contribution < -0.4 is 14.2 Å². The van der Waals surface area contributed by atoms with Gasteiger partial charge in [0, 0.05) is 18.1 Å². The SMILES string of the molecule is CCN(Cc1ccc(OC)c(OC)c1)C(=O)COc1ccc(Cl)cc1Br. The number of carbonyl (C=O) groups excluding carboxylic acids is 1. The summed E-state index contributed by atoms with van der Waals surface area (Å²) in [6.45, 7) is 2.90. The van der Waals surface area contributed by atoms with E-state index in [4.69, 9.17) is 25.8 Å². The molecule has 0 heterocycles. The Kier molecular flexibility index (Phi) is 7.60. The van der Waals surface area contributed by atoms with E-state index in [9.17, 15) is 4.79 Å². The van der Waals surface area contributed by atoms with Crippen molar-refractivity contribution < 1.29 is 19.0 Å². The molecular weight excluding hydrogens is 422 g/mol. The Hall–Kier alpha value is -1.92. The van der Waals surface area contributed by atoms with Crippen molar-refractivity contribution in [1.29, 1.82) is 0 Å². The van der Waals surface area contributed by atoms with Gasteiger partial charge >= 0.3 is 0 Å². The van der Waals surface area contributed by atoms with Gasteiger partial charge in [-0.25, -0.2) is 0 Å². The van der Waals surface area contributed by atoms with Crippen LogP contribution in [-0.4, -0.2) is 38.2 Å². The van der Waals surface area contributed by atoms with E-state index in [0.29, 0.717) is 39.8 Å². The zero-order valence-electron chi connectivity index (χ0n) is 14.9. The molecule has 0 atom stereocenters. The molecule has 0 aliphatic rings. The van der Waals surface area contributed by atoms with Crippen molar-refractivity contribution in [3.05, 3.63) is 51.5 Å². The summed E-state index contributed by atoms with van der Waals surface area (Å²) >= 11 is 9.28. The van der Waals surface area contributed by atoms with E-state index >= 15 is 0 Å². The second-order valence-corrected chi connectivity index (χ2v) is 6.75. The molecule has 5 nitrogen and oxygen atoms in total.